The Hall–Kier alpha value is -4.16. The molecule has 2 aromatic carbocycles. The van der Waals surface area contributed by atoms with Crippen molar-refractivity contribution in [3.05, 3.63) is 89.0 Å². The van der Waals surface area contributed by atoms with Crippen LogP contribution in [0.3, 0.4) is 0 Å². The second-order valence-electron chi connectivity index (χ2n) is 11.8. The third-order valence-corrected chi connectivity index (χ3v) is 9.09. The number of nitrogens with zero attached hydrogens (tertiary/aromatic N) is 2. The summed E-state index contributed by atoms with van der Waals surface area (Å²) >= 11 is 0. The fourth-order valence-corrected chi connectivity index (χ4v) is 6.97. The van der Waals surface area contributed by atoms with E-state index in [1.54, 1.807) is 29.1 Å². The first-order valence-electron chi connectivity index (χ1n) is 14.2. The molecule has 6 rings (SSSR count). The van der Waals surface area contributed by atoms with Crippen LogP contribution in [0.15, 0.2) is 72.0 Å². The summed E-state index contributed by atoms with van der Waals surface area (Å²) in [4.78, 5) is 13.6. The number of hydrogen-bond acceptors (Lipinski definition) is 3. The van der Waals surface area contributed by atoms with E-state index in [1.165, 1.54) is 12.1 Å². The van der Waals surface area contributed by atoms with Crippen molar-refractivity contribution in [1.82, 2.24) is 9.78 Å². The van der Waals surface area contributed by atoms with Gasteiger partial charge in [0, 0.05) is 11.1 Å². The van der Waals surface area contributed by atoms with Gasteiger partial charge in [-0.25, -0.2) is 9.07 Å². The Kier molecular flexibility index (Phi) is 7.56. The summed E-state index contributed by atoms with van der Waals surface area (Å²) in [5, 5.41) is 6.96. The lowest BCUT2D eigenvalue weighted by molar-refractivity contribution is -0.253. The first kappa shape index (κ1) is 30.8. The number of aromatic nitrogens is 2. The van der Waals surface area contributed by atoms with Crippen molar-refractivity contribution in [3.8, 4) is 11.4 Å². The highest BCUT2D eigenvalue weighted by molar-refractivity contribution is 5.93. The largest absolute Gasteiger partial charge is 0.461 e. The minimum Gasteiger partial charge on any atom is -0.428 e. The molecule has 3 aliphatic rings. The van der Waals surface area contributed by atoms with Crippen molar-refractivity contribution in [2.75, 3.05) is 5.32 Å². The molecule has 1 fully saturated rings. The van der Waals surface area contributed by atoms with E-state index >= 15 is 0 Å². The van der Waals surface area contributed by atoms with E-state index in [2.05, 4.69) is 15.2 Å². The number of nitrogens with one attached hydrogen (secondary N) is 1. The van der Waals surface area contributed by atoms with E-state index in [0.717, 1.165) is 46.7 Å². The molecule has 1 saturated carbocycles. The van der Waals surface area contributed by atoms with Crippen molar-refractivity contribution in [1.29, 1.82) is 0 Å². The maximum absolute atomic E-state index is 14.3. The van der Waals surface area contributed by atoms with Crippen LogP contribution in [0.2, 0.25) is 0 Å². The van der Waals surface area contributed by atoms with Gasteiger partial charge < -0.3 is 10.1 Å². The molecular formula is C32H27F8N3O2. The van der Waals surface area contributed by atoms with Crippen LogP contribution in [0.25, 0.3) is 11.8 Å². The molecular weight excluding hydrogens is 610 g/mol. The maximum atomic E-state index is 14.3. The molecule has 3 aliphatic carbocycles. The summed E-state index contributed by atoms with van der Waals surface area (Å²) in [5.74, 6) is -6.01. The Morgan fingerprint density at radius 1 is 1.07 bits per heavy atom. The molecule has 4 atom stereocenters. The van der Waals surface area contributed by atoms with E-state index < -0.39 is 60.0 Å². The summed E-state index contributed by atoms with van der Waals surface area (Å²) in [5.41, 5.74) is 3.44. The van der Waals surface area contributed by atoms with Crippen LogP contribution in [0.4, 0.5) is 40.8 Å². The van der Waals surface area contributed by atoms with Crippen LogP contribution in [-0.4, -0.2) is 34.4 Å². The molecule has 5 nitrogen and oxygen atoms in total. The number of amides is 1. The summed E-state index contributed by atoms with van der Waals surface area (Å²) in [6.45, 7) is 1.96. The van der Waals surface area contributed by atoms with Crippen molar-refractivity contribution in [3.63, 3.8) is 0 Å². The van der Waals surface area contributed by atoms with Crippen molar-refractivity contribution >= 4 is 17.7 Å². The number of rotatable bonds is 6. The Labute approximate surface area is 252 Å². The number of carbonyl (C=O) groups excluding carboxylic acids is 1. The van der Waals surface area contributed by atoms with Crippen molar-refractivity contribution in [2.24, 2.45) is 23.2 Å². The van der Waals surface area contributed by atoms with Gasteiger partial charge in [-0.3, -0.25) is 4.79 Å². The minimum atomic E-state index is -4.74. The van der Waals surface area contributed by atoms with Crippen molar-refractivity contribution in [2.45, 2.75) is 51.3 Å². The molecule has 0 spiro atoms. The third kappa shape index (κ3) is 5.61. The minimum absolute atomic E-state index is 0.00265. The SMILES string of the molecule is C[C@]12Cc3cnn(-c4ccc(F)cc4)c3C=C1CC[C@H]1C2=CC[C@@H](C(F)(F)F)[C@@H]1C(=O)Nc1ccc(OC(F)(F)C(F)F)cc1. The standard InChI is InChI=1S/C32H27F8N3O2/c1-30-15-17-16-41-43(21-7-3-19(33)4-8-21)26(17)14-18(30)2-11-23-24(30)12-13-25(31(36,37)38)27(23)28(44)42-20-5-9-22(10-6-20)45-32(39,40)29(34)35/h3-10,12,14,16,23,25,27,29H,2,11,13,15H2,1H3,(H,42,44)/t23-,25+,27+,30-/m0/s1. The number of anilines is 1. The number of benzene rings is 2. The second-order valence-corrected chi connectivity index (χ2v) is 11.8. The fraction of sp³-hybridized carbons (Fsp3) is 0.375. The predicted octanol–water partition coefficient (Wildman–Crippen LogP) is 8.37. The quantitative estimate of drug-likeness (QED) is 0.218. The van der Waals surface area contributed by atoms with E-state index in [4.69, 9.17) is 0 Å². The first-order chi connectivity index (χ1) is 21.2. The number of carbonyl (C=O) groups is 1. The monoisotopic (exact) mass is 637 g/mol. The van der Waals surface area contributed by atoms with Gasteiger partial charge in [0.15, 0.2) is 0 Å². The number of allylic oxidation sites excluding steroid dienone is 3. The zero-order chi connectivity index (χ0) is 32.3. The van der Waals surface area contributed by atoms with Crippen LogP contribution in [0, 0.1) is 29.0 Å². The van der Waals surface area contributed by atoms with Crippen LogP contribution >= 0.6 is 0 Å². The third-order valence-electron chi connectivity index (χ3n) is 9.09. The zero-order valence-corrected chi connectivity index (χ0v) is 23.7. The lowest BCUT2D eigenvalue weighted by Crippen LogP contribution is -2.49. The highest BCUT2D eigenvalue weighted by atomic mass is 19.4. The van der Waals surface area contributed by atoms with E-state index in [0.29, 0.717) is 18.5 Å². The van der Waals surface area contributed by atoms with Gasteiger partial charge in [0.25, 0.3) is 0 Å². The Balaban J connectivity index is 1.27. The number of alkyl halides is 7. The highest BCUT2D eigenvalue weighted by Crippen LogP contribution is 2.59. The molecule has 0 saturated heterocycles. The molecule has 0 radical (unpaired) electrons. The molecule has 0 unspecified atom stereocenters. The zero-order valence-electron chi connectivity index (χ0n) is 23.7. The van der Waals surface area contributed by atoms with E-state index in [9.17, 15) is 39.9 Å². The summed E-state index contributed by atoms with van der Waals surface area (Å²) in [6, 6.07) is 9.91. The molecule has 0 aliphatic heterocycles. The van der Waals surface area contributed by atoms with Gasteiger partial charge in [0.1, 0.15) is 11.6 Å². The molecule has 238 valence electrons. The van der Waals surface area contributed by atoms with Gasteiger partial charge in [-0.1, -0.05) is 24.1 Å². The van der Waals surface area contributed by atoms with E-state index in [-0.39, 0.29) is 17.9 Å². The number of halogens is 8. The average Bonchev–Trinajstić information content (AvgIpc) is 3.37. The van der Waals surface area contributed by atoms with Crippen LogP contribution in [-0.2, 0) is 11.2 Å². The normalized spacial score (nSPS) is 24.6. The van der Waals surface area contributed by atoms with Crippen molar-refractivity contribution < 1.29 is 44.7 Å². The molecule has 3 aromatic rings. The number of fused-ring (bicyclic) bond motifs is 4. The fourth-order valence-electron chi connectivity index (χ4n) is 6.97. The lowest BCUT2D eigenvalue weighted by atomic mass is 9.54. The van der Waals surface area contributed by atoms with Gasteiger partial charge in [0.2, 0.25) is 5.91 Å². The topological polar surface area (TPSA) is 56.2 Å². The molecule has 0 bridgehead atoms. The van der Waals surface area contributed by atoms with Gasteiger partial charge in [-0.15, -0.1) is 0 Å². The van der Waals surface area contributed by atoms with Gasteiger partial charge in [-0.05, 0) is 91.8 Å². The second kappa shape index (κ2) is 11.0. The smallest absolute Gasteiger partial charge is 0.428 e. The first-order valence-corrected chi connectivity index (χ1v) is 14.2. The summed E-state index contributed by atoms with van der Waals surface area (Å²) < 4.78 is 114. The maximum Gasteiger partial charge on any atom is 0.461 e. The molecule has 1 aromatic heterocycles. The predicted molar refractivity (Wildman–Crippen MR) is 148 cm³/mol. The van der Waals surface area contributed by atoms with Gasteiger partial charge in [0.05, 0.1) is 29.4 Å². The van der Waals surface area contributed by atoms with Gasteiger partial charge in [-0.2, -0.15) is 35.8 Å². The molecule has 1 amide bonds. The average molecular weight is 638 g/mol. The van der Waals surface area contributed by atoms with Crippen LogP contribution in [0.5, 0.6) is 5.75 Å². The van der Waals surface area contributed by atoms with Gasteiger partial charge >= 0.3 is 18.7 Å². The Morgan fingerprint density at radius 2 is 1.76 bits per heavy atom. The molecule has 13 heteroatoms. The number of hydrogen-bond donors (Lipinski definition) is 1. The lowest BCUT2D eigenvalue weighted by Gasteiger charge is -2.50. The molecule has 1 heterocycles. The molecule has 45 heavy (non-hydrogen) atoms. The van der Waals surface area contributed by atoms with Crippen LogP contribution in [0.1, 0.15) is 37.4 Å². The highest BCUT2D eigenvalue weighted by Gasteiger charge is 2.56. The Bertz CT molecular complexity index is 1660. The Morgan fingerprint density at radius 3 is 2.40 bits per heavy atom. The van der Waals surface area contributed by atoms with E-state index in [1.807, 2.05) is 13.0 Å². The van der Waals surface area contributed by atoms with Crippen LogP contribution < -0.4 is 10.1 Å². The number of ether oxygens (including phenoxy) is 1. The summed E-state index contributed by atoms with van der Waals surface area (Å²) in [7, 11) is 0. The summed E-state index contributed by atoms with van der Waals surface area (Å²) in [6.07, 6.45) is -7.41. The molecule has 1 N–H and O–H groups in total.